The molecule has 6 nitrogen and oxygen atoms in total. The summed E-state index contributed by atoms with van der Waals surface area (Å²) in [6, 6.07) is 5.30. The Morgan fingerprint density at radius 1 is 1.04 bits per heavy atom. The zero-order chi connectivity index (χ0) is 19.3. The summed E-state index contributed by atoms with van der Waals surface area (Å²) in [6.07, 6.45) is 12.7. The number of hydrogen-bond donors (Lipinski definition) is 0. The van der Waals surface area contributed by atoms with Crippen molar-refractivity contribution in [3.63, 3.8) is 0 Å². The molecular formula is C22H28N4O2. The van der Waals surface area contributed by atoms with Crippen molar-refractivity contribution in [1.29, 1.82) is 0 Å². The minimum Gasteiger partial charge on any atom is -0.343 e. The average molecular weight is 380 g/mol. The van der Waals surface area contributed by atoms with E-state index in [4.69, 9.17) is 0 Å². The number of carbonyl (C=O) groups excluding carboxylic acids is 1. The van der Waals surface area contributed by atoms with E-state index in [0.717, 1.165) is 37.9 Å². The van der Waals surface area contributed by atoms with Gasteiger partial charge >= 0.3 is 0 Å². The van der Waals surface area contributed by atoms with E-state index in [1.54, 1.807) is 29.4 Å². The van der Waals surface area contributed by atoms with E-state index in [1.807, 2.05) is 17.0 Å². The van der Waals surface area contributed by atoms with Gasteiger partial charge in [-0.3, -0.25) is 19.1 Å². The Balaban J connectivity index is 1.31. The molecule has 0 atom stereocenters. The Hall–Kier alpha value is -2.50. The minimum absolute atomic E-state index is 0.0263. The second-order valence-electron chi connectivity index (χ2n) is 8.18. The van der Waals surface area contributed by atoms with Crippen molar-refractivity contribution in [1.82, 2.24) is 19.4 Å². The van der Waals surface area contributed by atoms with Crippen LogP contribution in [0.3, 0.4) is 0 Å². The summed E-state index contributed by atoms with van der Waals surface area (Å²) in [7, 11) is 0. The van der Waals surface area contributed by atoms with Gasteiger partial charge in [-0.1, -0.05) is 12.8 Å². The Labute approximate surface area is 165 Å². The lowest BCUT2D eigenvalue weighted by Gasteiger charge is -2.32. The van der Waals surface area contributed by atoms with Crippen LogP contribution in [0.2, 0.25) is 0 Å². The molecule has 0 N–H and O–H groups in total. The van der Waals surface area contributed by atoms with Crippen molar-refractivity contribution in [3.05, 3.63) is 47.3 Å². The molecule has 2 aromatic rings. The van der Waals surface area contributed by atoms with E-state index in [9.17, 15) is 9.59 Å². The number of likely N-dealkylation sites (tertiary alicyclic amines) is 1. The Kier molecular flexibility index (Phi) is 5.84. The van der Waals surface area contributed by atoms with Gasteiger partial charge < -0.3 is 4.90 Å². The van der Waals surface area contributed by atoms with E-state index < -0.39 is 0 Å². The fourth-order valence-corrected chi connectivity index (χ4v) is 4.48. The highest BCUT2D eigenvalue weighted by molar-refractivity contribution is 5.76. The summed E-state index contributed by atoms with van der Waals surface area (Å²) in [5.41, 5.74) is 1.55. The molecule has 0 aromatic carbocycles. The van der Waals surface area contributed by atoms with Crippen LogP contribution in [-0.2, 0) is 11.3 Å². The lowest BCUT2D eigenvalue weighted by atomic mass is 9.95. The molecule has 1 amide bonds. The Bertz CT molecular complexity index is 850. The number of aromatic nitrogens is 3. The number of pyridine rings is 1. The van der Waals surface area contributed by atoms with Gasteiger partial charge in [-0.2, -0.15) is 0 Å². The van der Waals surface area contributed by atoms with Crippen LogP contribution >= 0.6 is 0 Å². The van der Waals surface area contributed by atoms with Gasteiger partial charge in [0.05, 0.1) is 12.0 Å². The predicted molar refractivity (Wildman–Crippen MR) is 108 cm³/mol. The first kappa shape index (κ1) is 18.8. The molecule has 0 bridgehead atoms. The molecule has 6 heteroatoms. The quantitative estimate of drug-likeness (QED) is 0.799. The van der Waals surface area contributed by atoms with Crippen LogP contribution < -0.4 is 5.56 Å². The molecule has 148 valence electrons. The van der Waals surface area contributed by atoms with Crippen LogP contribution in [0.5, 0.6) is 0 Å². The maximum Gasteiger partial charge on any atom is 0.253 e. The topological polar surface area (TPSA) is 68.1 Å². The smallest absolute Gasteiger partial charge is 0.253 e. The largest absolute Gasteiger partial charge is 0.343 e. The third-order valence-electron chi connectivity index (χ3n) is 6.22. The highest BCUT2D eigenvalue weighted by Gasteiger charge is 2.26. The maximum absolute atomic E-state index is 12.5. The van der Waals surface area contributed by atoms with Gasteiger partial charge in [0.25, 0.3) is 5.56 Å². The van der Waals surface area contributed by atoms with E-state index in [2.05, 4.69) is 9.97 Å². The SMILES string of the molecule is O=C(CC1CCCC1)N1CCC(Cn2cnc(-c3ccncc3)cc2=O)CC1. The molecule has 0 unspecified atom stereocenters. The van der Waals surface area contributed by atoms with Gasteiger partial charge in [-0.25, -0.2) is 4.98 Å². The van der Waals surface area contributed by atoms with Crippen LogP contribution in [-0.4, -0.2) is 38.4 Å². The third kappa shape index (κ3) is 4.49. The maximum atomic E-state index is 12.5. The van der Waals surface area contributed by atoms with Crippen molar-refractivity contribution < 1.29 is 4.79 Å². The highest BCUT2D eigenvalue weighted by Crippen LogP contribution is 2.29. The molecule has 1 saturated carbocycles. The number of nitrogens with zero attached hydrogens (tertiary/aromatic N) is 4. The van der Waals surface area contributed by atoms with Gasteiger partial charge in [-0.05, 0) is 49.7 Å². The lowest BCUT2D eigenvalue weighted by Crippen LogP contribution is -2.40. The van der Waals surface area contributed by atoms with Crippen LogP contribution in [0.15, 0.2) is 41.7 Å². The number of hydrogen-bond acceptors (Lipinski definition) is 4. The van der Waals surface area contributed by atoms with Gasteiger partial charge in [-0.15, -0.1) is 0 Å². The second kappa shape index (κ2) is 8.67. The molecular weight excluding hydrogens is 352 g/mol. The molecule has 2 fully saturated rings. The molecule has 2 aromatic heterocycles. The second-order valence-corrected chi connectivity index (χ2v) is 8.18. The fourth-order valence-electron chi connectivity index (χ4n) is 4.48. The van der Waals surface area contributed by atoms with Crippen molar-refractivity contribution in [2.24, 2.45) is 11.8 Å². The third-order valence-corrected chi connectivity index (χ3v) is 6.22. The number of rotatable bonds is 5. The standard InChI is InChI=1S/C22H28N4O2/c27-21(13-17-3-1-2-4-17)25-11-7-18(8-12-25)15-26-16-24-20(14-22(26)28)19-5-9-23-10-6-19/h5-6,9-10,14,16-18H,1-4,7-8,11-13,15H2. The van der Waals surface area contributed by atoms with Crippen molar-refractivity contribution in [3.8, 4) is 11.3 Å². The number of amides is 1. The molecule has 1 saturated heterocycles. The molecule has 3 heterocycles. The molecule has 1 aliphatic carbocycles. The molecule has 1 aliphatic heterocycles. The monoisotopic (exact) mass is 380 g/mol. The van der Waals surface area contributed by atoms with Gasteiger partial charge in [0, 0.05) is 50.1 Å². The fraction of sp³-hybridized carbons (Fsp3) is 0.545. The summed E-state index contributed by atoms with van der Waals surface area (Å²) in [5, 5.41) is 0. The molecule has 0 spiro atoms. The van der Waals surface area contributed by atoms with Crippen molar-refractivity contribution >= 4 is 5.91 Å². The van der Waals surface area contributed by atoms with Gasteiger partial charge in [0.1, 0.15) is 0 Å². The number of carbonyl (C=O) groups is 1. The van der Waals surface area contributed by atoms with Crippen LogP contribution in [0, 0.1) is 11.8 Å². The van der Waals surface area contributed by atoms with E-state index in [1.165, 1.54) is 25.7 Å². The minimum atomic E-state index is -0.0263. The van der Waals surface area contributed by atoms with Crippen molar-refractivity contribution in [2.75, 3.05) is 13.1 Å². The Morgan fingerprint density at radius 3 is 2.43 bits per heavy atom. The van der Waals surface area contributed by atoms with Gasteiger partial charge in [0.15, 0.2) is 0 Å². The summed E-state index contributed by atoms with van der Waals surface area (Å²) in [4.78, 5) is 35.5. The molecule has 4 rings (SSSR count). The summed E-state index contributed by atoms with van der Waals surface area (Å²) < 4.78 is 1.70. The van der Waals surface area contributed by atoms with Crippen molar-refractivity contribution in [2.45, 2.75) is 51.5 Å². The normalized spacial score (nSPS) is 18.5. The van der Waals surface area contributed by atoms with Crippen LogP contribution in [0.1, 0.15) is 44.9 Å². The average Bonchev–Trinajstić information content (AvgIpc) is 3.24. The van der Waals surface area contributed by atoms with Crippen LogP contribution in [0.25, 0.3) is 11.3 Å². The Morgan fingerprint density at radius 2 is 1.75 bits per heavy atom. The van der Waals surface area contributed by atoms with Gasteiger partial charge in [0.2, 0.25) is 5.91 Å². The predicted octanol–water partition coefficient (Wildman–Crippen LogP) is 3.12. The summed E-state index contributed by atoms with van der Waals surface area (Å²) >= 11 is 0. The highest BCUT2D eigenvalue weighted by atomic mass is 16.2. The molecule has 28 heavy (non-hydrogen) atoms. The first-order valence-electron chi connectivity index (χ1n) is 10.4. The zero-order valence-corrected chi connectivity index (χ0v) is 16.3. The number of piperidine rings is 1. The van der Waals surface area contributed by atoms with E-state index in [-0.39, 0.29) is 5.56 Å². The lowest BCUT2D eigenvalue weighted by molar-refractivity contribution is -0.133. The van der Waals surface area contributed by atoms with E-state index in [0.29, 0.717) is 30.0 Å². The molecule has 0 radical (unpaired) electrons. The van der Waals surface area contributed by atoms with Crippen LogP contribution in [0.4, 0.5) is 0 Å². The van der Waals surface area contributed by atoms with E-state index >= 15 is 0 Å². The molecule has 2 aliphatic rings. The summed E-state index contributed by atoms with van der Waals surface area (Å²) in [6.45, 7) is 2.30. The first-order chi connectivity index (χ1) is 13.7. The summed E-state index contributed by atoms with van der Waals surface area (Å²) in [5.74, 6) is 1.35. The zero-order valence-electron chi connectivity index (χ0n) is 16.3. The first-order valence-corrected chi connectivity index (χ1v) is 10.4.